The van der Waals surface area contributed by atoms with Gasteiger partial charge in [-0.05, 0) is 54.4 Å². The average molecular weight is 531 g/mol. The molecule has 4 rings (SSSR count). The number of benzene rings is 2. The fraction of sp³-hybridized carbons (Fsp3) is 0.667. The van der Waals surface area contributed by atoms with Crippen LogP contribution in [0.25, 0.3) is 11.1 Å². The lowest BCUT2D eigenvalue weighted by atomic mass is 9.66. The molecule has 1 fully saturated rings. The van der Waals surface area contributed by atoms with Crippen molar-refractivity contribution >= 4 is 12.6 Å². The predicted molar refractivity (Wildman–Crippen MR) is 169 cm³/mol. The lowest BCUT2D eigenvalue weighted by Gasteiger charge is -2.47. The molecule has 0 aromatic heterocycles. The van der Waals surface area contributed by atoms with Crippen molar-refractivity contribution in [3.05, 3.63) is 53.6 Å². The van der Waals surface area contributed by atoms with Gasteiger partial charge >= 0.3 is 7.12 Å². The molecule has 3 heteroatoms. The van der Waals surface area contributed by atoms with E-state index in [0.717, 1.165) is 0 Å². The molecule has 0 unspecified atom stereocenters. The molecule has 1 saturated heterocycles. The van der Waals surface area contributed by atoms with E-state index >= 15 is 0 Å². The molecule has 1 aliphatic heterocycles. The summed E-state index contributed by atoms with van der Waals surface area (Å²) in [5, 5.41) is 0. The molecule has 214 valence electrons. The average Bonchev–Trinajstić information content (AvgIpc) is 3.19. The summed E-state index contributed by atoms with van der Waals surface area (Å²) in [6.45, 7) is 14.2. The lowest BCUT2D eigenvalue weighted by molar-refractivity contribution is -0.0937. The fourth-order valence-electron chi connectivity index (χ4n) is 6.78. The number of unbranched alkanes of at least 4 members (excludes halogenated alkanes) is 10. The third kappa shape index (κ3) is 6.67. The predicted octanol–water partition coefficient (Wildman–Crippen LogP) is 10.0. The van der Waals surface area contributed by atoms with Gasteiger partial charge in [-0.2, -0.15) is 0 Å². The Balaban J connectivity index is 1.64. The highest BCUT2D eigenvalue weighted by Crippen LogP contribution is 2.54. The van der Waals surface area contributed by atoms with Gasteiger partial charge in [0.25, 0.3) is 0 Å². The summed E-state index contributed by atoms with van der Waals surface area (Å²) < 4.78 is 13.0. The minimum absolute atomic E-state index is 0.0181. The van der Waals surface area contributed by atoms with E-state index in [1.54, 1.807) is 5.56 Å². The summed E-state index contributed by atoms with van der Waals surface area (Å²) in [5.41, 5.74) is 6.98. The standard InChI is InChI=1S/C36H55BO2/c1-7-9-11-13-15-19-25-36(26-20-16-14-12-10-8-2)32-22-18-17-21-30(32)31-24-23-29(27-33(31)36)37-38-28-34(3,4)35(5,6)39-37/h17-18,21-24,27H,7-16,19-20,25-26,28H2,1-6H3. The van der Waals surface area contributed by atoms with Crippen molar-refractivity contribution in [1.29, 1.82) is 0 Å². The summed E-state index contributed by atoms with van der Waals surface area (Å²) >= 11 is 0. The highest BCUT2D eigenvalue weighted by molar-refractivity contribution is 6.61. The molecule has 0 amide bonds. The zero-order valence-electron chi connectivity index (χ0n) is 26.0. The van der Waals surface area contributed by atoms with Gasteiger partial charge in [0.1, 0.15) is 0 Å². The van der Waals surface area contributed by atoms with Gasteiger partial charge in [0, 0.05) is 17.4 Å². The maximum atomic E-state index is 6.63. The van der Waals surface area contributed by atoms with Gasteiger partial charge in [-0.1, -0.05) is 147 Å². The van der Waals surface area contributed by atoms with Gasteiger partial charge in [-0.25, -0.2) is 0 Å². The molecule has 0 atom stereocenters. The van der Waals surface area contributed by atoms with Crippen molar-refractivity contribution in [2.75, 3.05) is 6.61 Å². The first-order valence-corrected chi connectivity index (χ1v) is 16.3. The molecule has 2 aromatic rings. The van der Waals surface area contributed by atoms with Gasteiger partial charge in [0.2, 0.25) is 0 Å². The van der Waals surface area contributed by atoms with Crippen LogP contribution in [0, 0.1) is 5.41 Å². The number of hydrogen-bond acceptors (Lipinski definition) is 2. The molecule has 0 N–H and O–H groups in total. The maximum Gasteiger partial charge on any atom is 0.494 e. The molecule has 2 nitrogen and oxygen atoms in total. The van der Waals surface area contributed by atoms with E-state index in [-0.39, 0.29) is 23.5 Å². The molecule has 1 aliphatic carbocycles. The maximum absolute atomic E-state index is 6.63. The third-order valence-corrected chi connectivity index (χ3v) is 10.1. The summed E-state index contributed by atoms with van der Waals surface area (Å²) in [7, 11) is -0.303. The second-order valence-electron chi connectivity index (χ2n) is 13.6. The van der Waals surface area contributed by atoms with E-state index in [1.165, 1.54) is 112 Å². The van der Waals surface area contributed by atoms with Gasteiger partial charge in [-0.15, -0.1) is 0 Å². The van der Waals surface area contributed by atoms with Crippen LogP contribution in [0.3, 0.4) is 0 Å². The Morgan fingerprint density at radius 2 is 1.23 bits per heavy atom. The van der Waals surface area contributed by atoms with Crippen LogP contribution in [0.1, 0.15) is 143 Å². The van der Waals surface area contributed by atoms with Crippen molar-refractivity contribution in [1.82, 2.24) is 0 Å². The Bertz CT molecular complexity index is 1040. The van der Waals surface area contributed by atoms with Crippen LogP contribution in [0.15, 0.2) is 42.5 Å². The van der Waals surface area contributed by atoms with Crippen LogP contribution < -0.4 is 5.46 Å². The van der Waals surface area contributed by atoms with Crippen LogP contribution in [0.2, 0.25) is 0 Å². The quantitative estimate of drug-likeness (QED) is 0.168. The highest BCUT2D eigenvalue weighted by Gasteiger charge is 2.48. The van der Waals surface area contributed by atoms with E-state index in [9.17, 15) is 0 Å². The van der Waals surface area contributed by atoms with Gasteiger partial charge in [0.05, 0.1) is 5.60 Å². The van der Waals surface area contributed by atoms with Gasteiger partial charge in [-0.3, -0.25) is 0 Å². The summed E-state index contributed by atoms with van der Waals surface area (Å²) in [6, 6.07) is 16.4. The van der Waals surface area contributed by atoms with Gasteiger partial charge in [0.15, 0.2) is 0 Å². The van der Waals surface area contributed by atoms with E-state index < -0.39 is 0 Å². The Morgan fingerprint density at radius 1 is 0.667 bits per heavy atom. The molecule has 1 heterocycles. The van der Waals surface area contributed by atoms with Crippen molar-refractivity contribution < 1.29 is 9.31 Å². The largest absolute Gasteiger partial charge is 0.494 e. The van der Waals surface area contributed by atoms with E-state index in [2.05, 4.69) is 84.0 Å². The summed E-state index contributed by atoms with van der Waals surface area (Å²) in [5.74, 6) is 0. The number of rotatable bonds is 15. The van der Waals surface area contributed by atoms with Crippen molar-refractivity contribution in [3.8, 4) is 11.1 Å². The third-order valence-electron chi connectivity index (χ3n) is 10.1. The minimum atomic E-state index is -0.303. The highest BCUT2D eigenvalue weighted by atomic mass is 16.6. The van der Waals surface area contributed by atoms with Crippen molar-refractivity contribution in [3.63, 3.8) is 0 Å². The zero-order chi connectivity index (χ0) is 27.9. The Labute approximate surface area is 240 Å². The molecule has 0 radical (unpaired) electrons. The molecular weight excluding hydrogens is 475 g/mol. The second-order valence-corrected chi connectivity index (χ2v) is 13.6. The molecule has 39 heavy (non-hydrogen) atoms. The normalized spacial score (nSPS) is 18.7. The summed E-state index contributed by atoms with van der Waals surface area (Å²) in [6.07, 6.45) is 18.6. The zero-order valence-corrected chi connectivity index (χ0v) is 26.0. The molecule has 0 spiro atoms. The van der Waals surface area contributed by atoms with Crippen LogP contribution in [0.4, 0.5) is 0 Å². The smallest absolute Gasteiger partial charge is 0.407 e. The lowest BCUT2D eigenvalue weighted by Crippen LogP contribution is -2.58. The van der Waals surface area contributed by atoms with Crippen molar-refractivity contribution in [2.24, 2.45) is 5.41 Å². The second kappa shape index (κ2) is 13.4. The number of fused-ring (bicyclic) bond motifs is 3. The van der Waals surface area contributed by atoms with Crippen LogP contribution >= 0.6 is 0 Å². The molecule has 2 aromatic carbocycles. The molecular formula is C36H55BO2. The molecule has 2 aliphatic rings. The topological polar surface area (TPSA) is 18.5 Å². The fourth-order valence-corrected chi connectivity index (χ4v) is 6.78. The van der Waals surface area contributed by atoms with Crippen LogP contribution in [-0.4, -0.2) is 19.3 Å². The van der Waals surface area contributed by atoms with Crippen molar-refractivity contribution in [2.45, 2.75) is 142 Å². The first-order chi connectivity index (χ1) is 18.8. The van der Waals surface area contributed by atoms with E-state index in [4.69, 9.17) is 9.31 Å². The Hall–Kier alpha value is -1.58. The Morgan fingerprint density at radius 3 is 1.85 bits per heavy atom. The first kappa shape index (κ1) is 30.4. The molecule has 0 bridgehead atoms. The molecule has 0 saturated carbocycles. The SMILES string of the molecule is CCCCCCCCC1(CCCCCCCC)c2ccccc2-c2ccc(B3OCC(C)(C)C(C)(C)O3)cc21. The summed E-state index contributed by atoms with van der Waals surface area (Å²) in [4.78, 5) is 0. The van der Waals surface area contributed by atoms with E-state index in [1.807, 2.05) is 0 Å². The first-order valence-electron chi connectivity index (χ1n) is 16.3. The van der Waals surface area contributed by atoms with E-state index in [0.29, 0.717) is 6.61 Å². The van der Waals surface area contributed by atoms with Crippen LogP contribution in [-0.2, 0) is 14.7 Å². The Kier molecular flexibility index (Phi) is 10.4. The van der Waals surface area contributed by atoms with Crippen LogP contribution in [0.5, 0.6) is 0 Å². The minimum Gasteiger partial charge on any atom is -0.407 e. The van der Waals surface area contributed by atoms with Gasteiger partial charge < -0.3 is 9.31 Å². The monoisotopic (exact) mass is 530 g/mol. The number of hydrogen-bond donors (Lipinski definition) is 0.